The number of hydrogen-bond donors (Lipinski definition) is 2. The van der Waals surface area contributed by atoms with Gasteiger partial charge in [-0.05, 0) is 51.8 Å². The maximum Gasteiger partial charge on any atom is 0.325 e. The predicted octanol–water partition coefficient (Wildman–Crippen LogP) is 2.84. The molecule has 0 fully saturated rings. The Morgan fingerprint density at radius 2 is 2.04 bits per heavy atom. The Kier molecular flexibility index (Phi) is 6.72. The van der Waals surface area contributed by atoms with Gasteiger partial charge in [-0.25, -0.2) is 0 Å². The highest BCUT2D eigenvalue weighted by Gasteiger charge is 2.18. The number of hydrogen-bond acceptors (Lipinski definition) is 6. The molecule has 1 unspecified atom stereocenters. The molecule has 0 aliphatic heterocycles. The number of nitrogens with two attached hydrogens (primary N) is 1. The van der Waals surface area contributed by atoms with Gasteiger partial charge in [0.25, 0.3) is 0 Å². The van der Waals surface area contributed by atoms with Crippen LogP contribution in [0.1, 0.15) is 50.8 Å². The molecular weight excluding hydrogens is 358 g/mol. The van der Waals surface area contributed by atoms with Crippen molar-refractivity contribution in [2.45, 2.75) is 52.1 Å². The number of esters is 1. The van der Waals surface area contributed by atoms with Crippen LogP contribution >= 0.6 is 0 Å². The lowest BCUT2D eigenvalue weighted by atomic mass is 9.93. The maximum atomic E-state index is 12.0. The van der Waals surface area contributed by atoms with E-state index < -0.39 is 17.4 Å². The first kappa shape index (κ1) is 21.3. The number of nitrogens with one attached hydrogen (secondary N) is 1. The van der Waals surface area contributed by atoms with Crippen molar-refractivity contribution in [3.63, 3.8) is 0 Å². The normalized spacial score (nSPS) is 12.4. The van der Waals surface area contributed by atoms with Crippen molar-refractivity contribution < 1.29 is 19.1 Å². The molecule has 1 amide bonds. The van der Waals surface area contributed by atoms with Gasteiger partial charge in [0.2, 0.25) is 5.91 Å². The molecular formula is C21H27N3O4. The Labute approximate surface area is 164 Å². The largest absolute Gasteiger partial charge is 0.459 e. The lowest BCUT2D eigenvalue weighted by Gasteiger charge is -2.20. The van der Waals surface area contributed by atoms with Gasteiger partial charge in [-0.2, -0.15) is 0 Å². The molecule has 0 aliphatic rings. The zero-order valence-electron chi connectivity index (χ0n) is 16.7. The van der Waals surface area contributed by atoms with E-state index in [-0.39, 0.29) is 18.9 Å². The van der Waals surface area contributed by atoms with Crippen LogP contribution in [0.4, 0.5) is 5.69 Å². The number of carbonyl (C=O) groups is 3. The lowest BCUT2D eigenvalue weighted by Crippen LogP contribution is -2.28. The topological polar surface area (TPSA) is 111 Å². The van der Waals surface area contributed by atoms with Gasteiger partial charge in [0, 0.05) is 23.4 Å². The molecule has 150 valence electrons. The van der Waals surface area contributed by atoms with E-state index in [2.05, 4.69) is 10.3 Å². The summed E-state index contributed by atoms with van der Waals surface area (Å²) in [5.74, 6) is -1.24. The van der Waals surface area contributed by atoms with E-state index in [0.717, 1.165) is 17.2 Å². The number of primary amides is 1. The molecule has 0 spiro atoms. The van der Waals surface area contributed by atoms with Gasteiger partial charge in [-0.1, -0.05) is 12.1 Å². The summed E-state index contributed by atoms with van der Waals surface area (Å²) in [6, 6.07) is 7.47. The van der Waals surface area contributed by atoms with Crippen LogP contribution in [0.25, 0.3) is 10.9 Å². The third-order valence-electron chi connectivity index (χ3n) is 4.18. The highest BCUT2D eigenvalue weighted by molar-refractivity contribution is 5.92. The Morgan fingerprint density at radius 3 is 2.64 bits per heavy atom. The summed E-state index contributed by atoms with van der Waals surface area (Å²) >= 11 is 0. The van der Waals surface area contributed by atoms with E-state index in [1.165, 1.54) is 0 Å². The minimum absolute atomic E-state index is 0.0223. The third-order valence-corrected chi connectivity index (χ3v) is 4.18. The molecule has 28 heavy (non-hydrogen) atoms. The fourth-order valence-electron chi connectivity index (χ4n) is 2.96. The molecule has 0 aliphatic carbocycles. The molecule has 1 heterocycles. The number of carbonyl (C=O) groups excluding carboxylic acids is 3. The number of aromatic nitrogens is 1. The fourth-order valence-corrected chi connectivity index (χ4v) is 2.96. The van der Waals surface area contributed by atoms with Crippen molar-refractivity contribution in [1.29, 1.82) is 0 Å². The smallest absolute Gasteiger partial charge is 0.325 e. The van der Waals surface area contributed by atoms with Gasteiger partial charge >= 0.3 is 5.97 Å². The molecule has 0 bridgehead atoms. The Bertz CT molecular complexity index is 887. The van der Waals surface area contributed by atoms with Crippen LogP contribution in [0.15, 0.2) is 24.3 Å². The highest BCUT2D eigenvalue weighted by Crippen LogP contribution is 2.29. The highest BCUT2D eigenvalue weighted by atomic mass is 16.6. The van der Waals surface area contributed by atoms with Crippen LogP contribution in [0.5, 0.6) is 0 Å². The van der Waals surface area contributed by atoms with E-state index in [9.17, 15) is 14.4 Å². The van der Waals surface area contributed by atoms with Crippen molar-refractivity contribution in [2.75, 3.05) is 11.9 Å². The molecule has 7 heteroatoms. The molecule has 0 saturated heterocycles. The molecule has 3 N–H and O–H groups in total. The first-order valence-electron chi connectivity index (χ1n) is 9.20. The van der Waals surface area contributed by atoms with Crippen LogP contribution < -0.4 is 11.1 Å². The number of rotatable bonds is 8. The zero-order valence-corrected chi connectivity index (χ0v) is 16.7. The molecule has 1 atom stereocenters. The van der Waals surface area contributed by atoms with Crippen molar-refractivity contribution in [1.82, 2.24) is 4.98 Å². The van der Waals surface area contributed by atoms with E-state index in [1.54, 1.807) is 0 Å². The summed E-state index contributed by atoms with van der Waals surface area (Å²) in [4.78, 5) is 39.2. The standard InChI is InChI=1S/C21H27N3O4/c1-13-16(15(12-25)8-9-18(22)26)10-14-6-5-7-17(20(14)24-13)23-11-19(27)28-21(2,3)4/h5-7,10,12,15,23H,8-9,11H2,1-4H3,(H2,22,26). The van der Waals surface area contributed by atoms with Crippen molar-refractivity contribution in [3.05, 3.63) is 35.5 Å². The van der Waals surface area contributed by atoms with Crippen molar-refractivity contribution >= 4 is 34.8 Å². The molecule has 2 rings (SSSR count). The SMILES string of the molecule is Cc1nc2c(NCC(=O)OC(C)(C)C)cccc2cc1C(C=O)CCC(N)=O. The number of para-hydroxylation sites is 1. The minimum Gasteiger partial charge on any atom is -0.459 e. The van der Waals surface area contributed by atoms with Gasteiger partial charge in [0.1, 0.15) is 18.4 Å². The van der Waals surface area contributed by atoms with E-state index in [0.29, 0.717) is 23.3 Å². The zero-order chi connectivity index (χ0) is 20.9. The van der Waals surface area contributed by atoms with Crippen LogP contribution in [0, 0.1) is 6.92 Å². The number of aldehydes is 1. The summed E-state index contributed by atoms with van der Waals surface area (Å²) in [6.45, 7) is 7.29. The number of amides is 1. The number of pyridine rings is 1. The van der Waals surface area contributed by atoms with Gasteiger partial charge in [-0.15, -0.1) is 0 Å². The van der Waals surface area contributed by atoms with Crippen LogP contribution in [0.2, 0.25) is 0 Å². The number of ether oxygens (including phenoxy) is 1. The fraction of sp³-hybridized carbons (Fsp3) is 0.429. The van der Waals surface area contributed by atoms with E-state index in [4.69, 9.17) is 10.5 Å². The van der Waals surface area contributed by atoms with Gasteiger partial charge in [0.15, 0.2) is 0 Å². The third kappa shape index (κ3) is 5.77. The summed E-state index contributed by atoms with van der Waals surface area (Å²) in [6.07, 6.45) is 1.31. The predicted molar refractivity (Wildman–Crippen MR) is 108 cm³/mol. The van der Waals surface area contributed by atoms with E-state index in [1.807, 2.05) is 52.0 Å². The quantitative estimate of drug-likeness (QED) is 0.534. The number of anilines is 1. The molecule has 1 aromatic heterocycles. The van der Waals surface area contributed by atoms with Crippen LogP contribution in [-0.2, 0) is 19.1 Å². The minimum atomic E-state index is -0.546. The maximum absolute atomic E-state index is 12.0. The van der Waals surface area contributed by atoms with Gasteiger partial charge in [-0.3, -0.25) is 14.6 Å². The number of fused-ring (bicyclic) bond motifs is 1. The Morgan fingerprint density at radius 1 is 1.32 bits per heavy atom. The molecule has 1 aromatic carbocycles. The molecule has 7 nitrogen and oxygen atoms in total. The number of benzene rings is 1. The second-order valence-electron chi connectivity index (χ2n) is 7.73. The van der Waals surface area contributed by atoms with Crippen molar-refractivity contribution in [3.8, 4) is 0 Å². The molecule has 0 radical (unpaired) electrons. The van der Waals surface area contributed by atoms with Gasteiger partial charge < -0.3 is 20.6 Å². The first-order valence-corrected chi connectivity index (χ1v) is 9.20. The van der Waals surface area contributed by atoms with Crippen LogP contribution in [-0.4, -0.2) is 35.3 Å². The van der Waals surface area contributed by atoms with Gasteiger partial charge in [0.05, 0.1) is 11.2 Å². The first-order chi connectivity index (χ1) is 13.1. The number of nitrogens with zero attached hydrogens (tertiary/aromatic N) is 1. The summed E-state index contributed by atoms with van der Waals surface area (Å²) in [5, 5.41) is 3.91. The lowest BCUT2D eigenvalue weighted by molar-refractivity contribution is -0.152. The average Bonchev–Trinajstić information content (AvgIpc) is 2.59. The van der Waals surface area contributed by atoms with E-state index >= 15 is 0 Å². The molecule has 0 saturated carbocycles. The van der Waals surface area contributed by atoms with Crippen LogP contribution in [0.3, 0.4) is 0 Å². The van der Waals surface area contributed by atoms with Crippen molar-refractivity contribution in [2.24, 2.45) is 5.73 Å². The summed E-state index contributed by atoms with van der Waals surface area (Å²) < 4.78 is 5.31. The summed E-state index contributed by atoms with van der Waals surface area (Å²) in [7, 11) is 0. The second-order valence-corrected chi connectivity index (χ2v) is 7.73. The number of aryl methyl sites for hydroxylation is 1. The monoisotopic (exact) mass is 385 g/mol. The summed E-state index contributed by atoms with van der Waals surface area (Å²) in [5.41, 5.74) is 7.53. The Hall–Kier alpha value is -2.96. The second kappa shape index (κ2) is 8.82. The average molecular weight is 385 g/mol. The Balaban J connectivity index is 2.27. The molecule has 2 aromatic rings.